The number of carbonyl (C=O) groups is 1. The van der Waals surface area contributed by atoms with Gasteiger partial charge in [0.05, 0.1) is 13.7 Å². The topological polar surface area (TPSA) is 74.8 Å². The number of hydrogen-bond acceptors (Lipinski definition) is 3. The number of nitrogens with zero attached hydrogens (tertiary/aromatic N) is 1. The number of guanidine groups is 1. The van der Waals surface area contributed by atoms with Crippen molar-refractivity contribution in [2.75, 3.05) is 32.6 Å². The number of rotatable bonds is 7. The van der Waals surface area contributed by atoms with E-state index in [4.69, 9.17) is 11.2 Å². The predicted octanol–water partition coefficient (Wildman–Crippen LogP) is 2.33. The summed E-state index contributed by atoms with van der Waals surface area (Å²) in [4.78, 5) is 16.3. The van der Waals surface area contributed by atoms with Gasteiger partial charge in [-0.2, -0.15) is 0 Å². The van der Waals surface area contributed by atoms with Crippen LogP contribution in [0.15, 0.2) is 47.5 Å². The number of methoxy groups -OCH3 is 1. The van der Waals surface area contributed by atoms with Crippen LogP contribution in [0.2, 0.25) is 0 Å². The second kappa shape index (κ2) is 10.6. The SMILES string of the molecule is C#Cc1cccc(NC(=O)CNC(=NC)NCCc2cc(C)ccc2OC)c1. The number of benzene rings is 2. The van der Waals surface area contributed by atoms with Gasteiger partial charge in [0.2, 0.25) is 5.91 Å². The lowest BCUT2D eigenvalue weighted by Crippen LogP contribution is -2.42. The quantitative estimate of drug-likeness (QED) is 0.393. The molecule has 3 N–H and O–H groups in total. The molecule has 0 saturated carbocycles. The average Bonchev–Trinajstić information content (AvgIpc) is 2.70. The Kier molecular flexibility index (Phi) is 7.92. The van der Waals surface area contributed by atoms with Crippen LogP contribution in [0.4, 0.5) is 5.69 Å². The third-order valence-corrected chi connectivity index (χ3v) is 4.08. The zero-order valence-electron chi connectivity index (χ0n) is 16.5. The maximum atomic E-state index is 12.1. The highest BCUT2D eigenvalue weighted by Crippen LogP contribution is 2.19. The summed E-state index contributed by atoms with van der Waals surface area (Å²) in [5, 5.41) is 9.01. The van der Waals surface area contributed by atoms with E-state index in [0.29, 0.717) is 18.2 Å². The highest BCUT2D eigenvalue weighted by atomic mass is 16.5. The zero-order valence-corrected chi connectivity index (χ0v) is 16.5. The lowest BCUT2D eigenvalue weighted by atomic mass is 10.1. The normalized spacial score (nSPS) is 10.7. The van der Waals surface area contributed by atoms with Gasteiger partial charge in [-0.15, -0.1) is 6.42 Å². The number of carbonyl (C=O) groups excluding carboxylic acids is 1. The van der Waals surface area contributed by atoms with Crippen LogP contribution in [0, 0.1) is 19.3 Å². The summed E-state index contributed by atoms with van der Waals surface area (Å²) in [5.74, 6) is 3.78. The molecule has 2 aromatic carbocycles. The van der Waals surface area contributed by atoms with Gasteiger partial charge in [0.15, 0.2) is 5.96 Å². The van der Waals surface area contributed by atoms with Crippen molar-refractivity contribution in [1.82, 2.24) is 10.6 Å². The Bertz CT molecular complexity index is 884. The average molecular weight is 378 g/mol. The molecule has 0 unspecified atom stereocenters. The molecule has 0 fully saturated rings. The first-order chi connectivity index (χ1) is 13.5. The van der Waals surface area contributed by atoms with Gasteiger partial charge < -0.3 is 20.7 Å². The lowest BCUT2D eigenvalue weighted by molar-refractivity contribution is -0.115. The van der Waals surface area contributed by atoms with E-state index in [1.54, 1.807) is 32.4 Å². The number of nitrogens with one attached hydrogen (secondary N) is 3. The van der Waals surface area contributed by atoms with E-state index in [1.165, 1.54) is 5.56 Å². The van der Waals surface area contributed by atoms with Crippen molar-refractivity contribution in [3.63, 3.8) is 0 Å². The lowest BCUT2D eigenvalue weighted by Gasteiger charge is -2.13. The molecule has 0 aliphatic carbocycles. The number of hydrogen-bond donors (Lipinski definition) is 3. The molecule has 6 nitrogen and oxygen atoms in total. The number of amides is 1. The Hall–Kier alpha value is -3.46. The van der Waals surface area contributed by atoms with Crippen LogP contribution in [0.3, 0.4) is 0 Å². The summed E-state index contributed by atoms with van der Waals surface area (Å²) in [5.41, 5.74) is 3.69. The summed E-state index contributed by atoms with van der Waals surface area (Å²) in [6.45, 7) is 2.80. The van der Waals surface area contributed by atoms with E-state index in [1.807, 2.05) is 18.2 Å². The third-order valence-electron chi connectivity index (χ3n) is 4.08. The second-order valence-electron chi connectivity index (χ2n) is 6.19. The van der Waals surface area contributed by atoms with Gasteiger partial charge in [-0.1, -0.05) is 29.7 Å². The molecule has 0 saturated heterocycles. The molecule has 0 aliphatic rings. The van der Waals surface area contributed by atoms with Crippen LogP contribution in [0.5, 0.6) is 5.75 Å². The second-order valence-corrected chi connectivity index (χ2v) is 6.19. The van der Waals surface area contributed by atoms with E-state index < -0.39 is 0 Å². The minimum absolute atomic E-state index is 0.0910. The molecule has 28 heavy (non-hydrogen) atoms. The molecule has 0 radical (unpaired) electrons. The van der Waals surface area contributed by atoms with Crippen LogP contribution in [-0.2, 0) is 11.2 Å². The van der Waals surface area contributed by atoms with Crippen LogP contribution < -0.4 is 20.7 Å². The van der Waals surface area contributed by atoms with Gasteiger partial charge in [0.1, 0.15) is 5.75 Å². The summed E-state index contributed by atoms with van der Waals surface area (Å²) in [6, 6.07) is 13.3. The number of aryl methyl sites for hydroxylation is 1. The predicted molar refractivity (Wildman–Crippen MR) is 114 cm³/mol. The Morgan fingerprint density at radius 1 is 1.21 bits per heavy atom. The first-order valence-corrected chi connectivity index (χ1v) is 9.00. The maximum absolute atomic E-state index is 12.1. The number of terminal acetylenes is 1. The molecule has 6 heteroatoms. The Balaban J connectivity index is 1.80. The maximum Gasteiger partial charge on any atom is 0.243 e. The van der Waals surface area contributed by atoms with E-state index in [0.717, 1.165) is 23.3 Å². The number of aliphatic imine (C=N–C) groups is 1. The van der Waals surface area contributed by atoms with Gasteiger partial charge in [0.25, 0.3) is 0 Å². The van der Waals surface area contributed by atoms with Crippen molar-refractivity contribution in [2.45, 2.75) is 13.3 Å². The fraction of sp³-hybridized carbons (Fsp3) is 0.273. The molecule has 0 heterocycles. The zero-order chi connectivity index (χ0) is 20.4. The van der Waals surface area contributed by atoms with Gasteiger partial charge in [-0.3, -0.25) is 9.79 Å². The van der Waals surface area contributed by atoms with Crippen molar-refractivity contribution in [2.24, 2.45) is 4.99 Å². The molecule has 0 atom stereocenters. The highest BCUT2D eigenvalue weighted by Gasteiger charge is 2.06. The molecule has 1 amide bonds. The fourth-order valence-corrected chi connectivity index (χ4v) is 2.69. The molecular weight excluding hydrogens is 352 g/mol. The van der Waals surface area contributed by atoms with Crippen LogP contribution in [-0.4, -0.2) is 39.1 Å². The van der Waals surface area contributed by atoms with Gasteiger partial charge in [0, 0.05) is 24.8 Å². The Labute approximate surface area is 166 Å². The largest absolute Gasteiger partial charge is 0.496 e. The molecule has 0 aromatic heterocycles. The van der Waals surface area contributed by atoms with E-state index in [-0.39, 0.29) is 12.5 Å². The molecule has 0 bridgehead atoms. The summed E-state index contributed by atoms with van der Waals surface area (Å²) in [6.07, 6.45) is 6.15. The monoisotopic (exact) mass is 378 g/mol. The van der Waals surface area contributed by atoms with Crippen LogP contribution in [0.25, 0.3) is 0 Å². The van der Waals surface area contributed by atoms with Crippen molar-refractivity contribution in [3.8, 4) is 18.1 Å². The van der Waals surface area contributed by atoms with Crippen LogP contribution in [0.1, 0.15) is 16.7 Å². The third kappa shape index (κ3) is 6.36. The van der Waals surface area contributed by atoms with E-state index in [2.05, 4.69) is 39.9 Å². The Morgan fingerprint density at radius 3 is 2.75 bits per heavy atom. The molecule has 146 valence electrons. The highest BCUT2D eigenvalue weighted by molar-refractivity contribution is 5.95. The smallest absolute Gasteiger partial charge is 0.243 e. The van der Waals surface area contributed by atoms with Gasteiger partial charge >= 0.3 is 0 Å². The van der Waals surface area contributed by atoms with Gasteiger partial charge in [-0.25, -0.2) is 0 Å². The van der Waals surface area contributed by atoms with Crippen LogP contribution >= 0.6 is 0 Å². The number of ether oxygens (including phenoxy) is 1. The molecule has 0 spiro atoms. The van der Waals surface area contributed by atoms with Crippen molar-refractivity contribution in [3.05, 3.63) is 59.2 Å². The van der Waals surface area contributed by atoms with Crippen molar-refractivity contribution < 1.29 is 9.53 Å². The first kappa shape index (κ1) is 20.8. The summed E-state index contributed by atoms with van der Waals surface area (Å²) >= 11 is 0. The van der Waals surface area contributed by atoms with Crippen molar-refractivity contribution >= 4 is 17.6 Å². The fourth-order valence-electron chi connectivity index (χ4n) is 2.69. The summed E-state index contributed by atoms with van der Waals surface area (Å²) < 4.78 is 5.40. The molecule has 0 aliphatic heterocycles. The van der Waals surface area contributed by atoms with Gasteiger partial charge in [-0.05, 0) is 43.2 Å². The van der Waals surface area contributed by atoms with E-state index >= 15 is 0 Å². The Morgan fingerprint density at radius 2 is 2.04 bits per heavy atom. The summed E-state index contributed by atoms with van der Waals surface area (Å²) in [7, 11) is 3.33. The molecule has 2 rings (SSSR count). The van der Waals surface area contributed by atoms with E-state index in [9.17, 15) is 4.79 Å². The standard InChI is InChI=1S/C22H26N4O2/c1-5-17-7-6-8-19(14-17)26-21(27)15-25-22(23-3)24-12-11-18-13-16(2)9-10-20(18)28-4/h1,6-10,13-14H,11-12,15H2,2-4H3,(H,26,27)(H2,23,24,25). The minimum atomic E-state index is -0.183. The first-order valence-electron chi connectivity index (χ1n) is 9.00. The van der Waals surface area contributed by atoms with Crippen molar-refractivity contribution in [1.29, 1.82) is 0 Å². The minimum Gasteiger partial charge on any atom is -0.496 e. The molecule has 2 aromatic rings. The molecular formula is C22H26N4O2. The number of anilines is 1.